The summed E-state index contributed by atoms with van der Waals surface area (Å²) in [5, 5.41) is 1.66. The third-order valence-corrected chi connectivity index (χ3v) is 3.66. The lowest BCUT2D eigenvalue weighted by molar-refractivity contribution is 0.527. The van der Waals surface area contributed by atoms with Crippen LogP contribution in [0.25, 0.3) is 11.0 Å². The predicted molar refractivity (Wildman–Crippen MR) is 69.4 cm³/mol. The Morgan fingerprint density at radius 1 is 1.35 bits per heavy atom. The van der Waals surface area contributed by atoms with Crippen LogP contribution in [0.1, 0.15) is 16.7 Å². The molecule has 3 rings (SSSR count). The van der Waals surface area contributed by atoms with Crippen molar-refractivity contribution in [1.82, 2.24) is 4.98 Å². The Morgan fingerprint density at radius 2 is 2.24 bits per heavy atom. The van der Waals surface area contributed by atoms with Gasteiger partial charge in [0.15, 0.2) is 0 Å². The average Bonchev–Trinajstić information content (AvgIpc) is 2.96. The Morgan fingerprint density at radius 3 is 3.00 bits per heavy atom. The smallest absolute Gasteiger partial charge is 0.134 e. The van der Waals surface area contributed by atoms with Crippen molar-refractivity contribution in [2.75, 3.05) is 0 Å². The van der Waals surface area contributed by atoms with E-state index in [2.05, 4.69) is 4.98 Å². The molecule has 0 spiro atoms. The van der Waals surface area contributed by atoms with Gasteiger partial charge in [-0.05, 0) is 24.3 Å². The lowest BCUT2D eigenvalue weighted by atomic mass is 10.2. The highest BCUT2D eigenvalue weighted by Gasteiger charge is 2.15. The van der Waals surface area contributed by atoms with E-state index in [4.69, 9.17) is 21.8 Å². The van der Waals surface area contributed by atoms with Crippen LogP contribution in [0.3, 0.4) is 0 Å². The largest absolute Gasteiger partial charge is 0.459 e. The van der Waals surface area contributed by atoms with Gasteiger partial charge in [-0.3, -0.25) is 4.98 Å². The summed E-state index contributed by atoms with van der Waals surface area (Å²) in [6.45, 7) is 0. The molecule has 0 aliphatic heterocycles. The van der Waals surface area contributed by atoms with Gasteiger partial charge >= 0.3 is 0 Å². The molecule has 3 aromatic rings. The van der Waals surface area contributed by atoms with E-state index in [1.54, 1.807) is 17.8 Å². The normalized spacial score (nSPS) is 13.1. The van der Waals surface area contributed by atoms with Gasteiger partial charge in [-0.1, -0.05) is 11.6 Å². The van der Waals surface area contributed by atoms with Crippen molar-refractivity contribution >= 4 is 33.9 Å². The molecule has 17 heavy (non-hydrogen) atoms. The first-order chi connectivity index (χ1) is 8.24. The first-order valence-corrected chi connectivity index (χ1v) is 6.33. The van der Waals surface area contributed by atoms with Crippen LogP contribution >= 0.6 is 22.9 Å². The van der Waals surface area contributed by atoms with Crippen LogP contribution in [0.5, 0.6) is 0 Å². The van der Waals surface area contributed by atoms with Crippen molar-refractivity contribution in [2.45, 2.75) is 6.04 Å². The molecule has 2 heterocycles. The molecule has 0 amide bonds. The van der Waals surface area contributed by atoms with Crippen molar-refractivity contribution < 1.29 is 4.42 Å². The van der Waals surface area contributed by atoms with E-state index < -0.39 is 0 Å². The topological polar surface area (TPSA) is 52.0 Å². The number of halogens is 1. The summed E-state index contributed by atoms with van der Waals surface area (Å²) >= 11 is 7.44. The number of nitrogens with zero attached hydrogens (tertiary/aromatic N) is 1. The fourth-order valence-corrected chi connectivity index (χ4v) is 2.52. The second kappa shape index (κ2) is 4.14. The van der Waals surface area contributed by atoms with E-state index in [-0.39, 0.29) is 6.04 Å². The monoisotopic (exact) mass is 264 g/mol. The van der Waals surface area contributed by atoms with Crippen molar-refractivity contribution in [3.05, 3.63) is 51.6 Å². The molecule has 1 aromatic carbocycles. The third kappa shape index (κ3) is 1.95. The molecular weight excluding hydrogens is 256 g/mol. The standard InChI is InChI=1S/C12H9ClN2OS/c13-8-1-2-9-7(3-8)4-10(16-9)12(14)11-5-15-6-17-11/h1-6,12H,14H2. The molecule has 0 bridgehead atoms. The van der Waals surface area contributed by atoms with Gasteiger partial charge in [-0.25, -0.2) is 0 Å². The second-order valence-electron chi connectivity index (χ2n) is 3.71. The second-order valence-corrected chi connectivity index (χ2v) is 5.07. The minimum absolute atomic E-state index is 0.270. The number of fused-ring (bicyclic) bond motifs is 1. The Bertz CT molecular complexity index is 648. The van der Waals surface area contributed by atoms with Crippen LogP contribution < -0.4 is 5.73 Å². The number of rotatable bonds is 2. The zero-order valence-electron chi connectivity index (χ0n) is 8.76. The third-order valence-electron chi connectivity index (χ3n) is 2.56. The molecule has 2 N–H and O–H groups in total. The van der Waals surface area contributed by atoms with Gasteiger partial charge in [-0.15, -0.1) is 11.3 Å². The molecule has 3 nitrogen and oxygen atoms in total. The fraction of sp³-hybridized carbons (Fsp3) is 0.0833. The predicted octanol–water partition coefficient (Wildman–Crippen LogP) is 3.59. The molecule has 0 aliphatic rings. The van der Waals surface area contributed by atoms with Gasteiger partial charge in [0, 0.05) is 21.5 Å². The van der Waals surface area contributed by atoms with Gasteiger partial charge in [-0.2, -0.15) is 0 Å². The maximum Gasteiger partial charge on any atom is 0.134 e. The molecule has 0 saturated heterocycles. The lowest BCUT2D eigenvalue weighted by Gasteiger charge is -2.03. The van der Waals surface area contributed by atoms with Crippen LogP contribution in [0, 0.1) is 0 Å². The SMILES string of the molecule is NC(c1cc2cc(Cl)ccc2o1)c1cncs1. The summed E-state index contributed by atoms with van der Waals surface area (Å²) in [5.74, 6) is 0.728. The molecule has 5 heteroatoms. The number of nitrogens with two attached hydrogens (primary N) is 1. The van der Waals surface area contributed by atoms with E-state index in [1.165, 1.54) is 11.3 Å². The quantitative estimate of drug-likeness (QED) is 0.770. The average molecular weight is 265 g/mol. The molecule has 1 atom stereocenters. The number of hydrogen-bond acceptors (Lipinski definition) is 4. The van der Waals surface area contributed by atoms with Crippen molar-refractivity contribution in [2.24, 2.45) is 5.73 Å². The summed E-state index contributed by atoms with van der Waals surface area (Å²) in [6.07, 6.45) is 1.76. The minimum atomic E-state index is -0.270. The molecule has 0 saturated carbocycles. The summed E-state index contributed by atoms with van der Waals surface area (Å²) in [7, 11) is 0. The van der Waals surface area contributed by atoms with Crippen LogP contribution in [0.4, 0.5) is 0 Å². The highest BCUT2D eigenvalue weighted by Crippen LogP contribution is 2.29. The molecule has 2 aromatic heterocycles. The van der Waals surface area contributed by atoms with E-state index in [1.807, 2.05) is 18.2 Å². The molecule has 86 valence electrons. The van der Waals surface area contributed by atoms with Crippen LogP contribution in [-0.2, 0) is 0 Å². The lowest BCUT2D eigenvalue weighted by Crippen LogP contribution is -2.08. The summed E-state index contributed by atoms with van der Waals surface area (Å²) in [4.78, 5) is 4.99. The molecule has 0 aliphatic carbocycles. The summed E-state index contributed by atoms with van der Waals surface area (Å²) < 4.78 is 5.70. The van der Waals surface area contributed by atoms with Crippen LogP contribution in [-0.4, -0.2) is 4.98 Å². The Balaban J connectivity index is 2.06. The van der Waals surface area contributed by atoms with E-state index in [9.17, 15) is 0 Å². The fourth-order valence-electron chi connectivity index (χ4n) is 1.71. The first kappa shape index (κ1) is 10.8. The summed E-state index contributed by atoms with van der Waals surface area (Å²) in [5.41, 5.74) is 8.66. The maximum absolute atomic E-state index is 6.11. The Labute approximate surface area is 107 Å². The molecule has 0 radical (unpaired) electrons. The van der Waals surface area contributed by atoms with Crippen LogP contribution in [0.15, 0.2) is 40.4 Å². The van der Waals surface area contributed by atoms with Gasteiger partial charge in [0.1, 0.15) is 11.3 Å². The number of aromatic nitrogens is 1. The van der Waals surface area contributed by atoms with Crippen molar-refractivity contribution in [1.29, 1.82) is 0 Å². The van der Waals surface area contributed by atoms with Gasteiger partial charge < -0.3 is 10.2 Å². The van der Waals surface area contributed by atoms with Crippen molar-refractivity contribution in [3.63, 3.8) is 0 Å². The molecular formula is C12H9ClN2OS. The number of hydrogen-bond donors (Lipinski definition) is 1. The number of benzene rings is 1. The van der Waals surface area contributed by atoms with Gasteiger partial charge in [0.05, 0.1) is 11.6 Å². The molecule has 0 fully saturated rings. The first-order valence-electron chi connectivity index (χ1n) is 5.07. The van der Waals surface area contributed by atoms with E-state index >= 15 is 0 Å². The maximum atomic E-state index is 6.11. The van der Waals surface area contributed by atoms with E-state index in [0.717, 1.165) is 21.6 Å². The number of thiazole rings is 1. The number of furan rings is 1. The summed E-state index contributed by atoms with van der Waals surface area (Å²) in [6, 6.07) is 7.17. The Kier molecular flexibility index (Phi) is 2.63. The zero-order valence-corrected chi connectivity index (χ0v) is 10.3. The highest BCUT2D eigenvalue weighted by atomic mass is 35.5. The molecule has 1 unspecified atom stereocenters. The zero-order chi connectivity index (χ0) is 11.8. The Hall–Kier alpha value is -1.36. The van der Waals surface area contributed by atoms with Gasteiger partial charge in [0.2, 0.25) is 0 Å². The van der Waals surface area contributed by atoms with E-state index in [0.29, 0.717) is 5.02 Å². The minimum Gasteiger partial charge on any atom is -0.459 e. The van der Waals surface area contributed by atoms with Crippen molar-refractivity contribution in [3.8, 4) is 0 Å². The highest BCUT2D eigenvalue weighted by molar-refractivity contribution is 7.09. The van der Waals surface area contributed by atoms with Gasteiger partial charge in [0.25, 0.3) is 0 Å². The van der Waals surface area contributed by atoms with Crippen LogP contribution in [0.2, 0.25) is 5.02 Å².